The predicted octanol–water partition coefficient (Wildman–Crippen LogP) is 2.96. The maximum Gasteiger partial charge on any atom is 0.354 e. The summed E-state index contributed by atoms with van der Waals surface area (Å²) in [5.41, 5.74) is 3.25. The van der Waals surface area contributed by atoms with Crippen LogP contribution < -0.4 is 5.32 Å². The van der Waals surface area contributed by atoms with Crippen molar-refractivity contribution in [2.75, 3.05) is 12.4 Å². The minimum atomic E-state index is -0.368. The van der Waals surface area contributed by atoms with Crippen molar-refractivity contribution in [2.24, 2.45) is 0 Å². The second-order valence-electron chi connectivity index (χ2n) is 4.62. The summed E-state index contributed by atoms with van der Waals surface area (Å²) in [7, 11) is 1.36. The molecule has 0 aliphatic carbocycles. The summed E-state index contributed by atoms with van der Waals surface area (Å²) in [6.45, 7) is 0.576. The summed E-state index contributed by atoms with van der Waals surface area (Å²) in [6, 6.07) is 13.5. The maximum atomic E-state index is 11.4. The molecule has 0 saturated heterocycles. The molecule has 5 nitrogen and oxygen atoms in total. The smallest absolute Gasteiger partial charge is 0.354 e. The highest BCUT2D eigenvalue weighted by atomic mass is 16.5. The van der Waals surface area contributed by atoms with Crippen molar-refractivity contribution in [2.45, 2.75) is 6.54 Å². The molecule has 106 valence electrons. The number of benzene rings is 1. The number of nitrogens with one attached hydrogen (secondary N) is 2. The Bertz CT molecular complexity index is 775. The molecule has 2 aromatic heterocycles. The van der Waals surface area contributed by atoms with E-state index in [-0.39, 0.29) is 5.97 Å². The molecule has 0 amide bonds. The number of fused-ring (bicyclic) bond motifs is 1. The van der Waals surface area contributed by atoms with E-state index in [0.717, 1.165) is 22.3 Å². The number of esters is 1. The quantitative estimate of drug-likeness (QED) is 0.721. The van der Waals surface area contributed by atoms with Gasteiger partial charge in [0.05, 0.1) is 24.9 Å². The summed E-state index contributed by atoms with van der Waals surface area (Å²) < 4.78 is 4.67. The standard InChI is InChI=1S/C16H15N3O2/c1-21-16(20)14-8-7-12(19-14)10-18-13-6-2-4-11-5-3-9-17-15(11)13/h2-9,18-19H,10H2,1H3. The van der Waals surface area contributed by atoms with E-state index in [1.165, 1.54) is 7.11 Å². The van der Waals surface area contributed by atoms with Crippen LogP contribution in [0.3, 0.4) is 0 Å². The lowest BCUT2D eigenvalue weighted by Gasteiger charge is -2.08. The number of hydrogen-bond donors (Lipinski definition) is 2. The Morgan fingerprint density at radius 1 is 1.24 bits per heavy atom. The zero-order chi connectivity index (χ0) is 14.7. The number of rotatable bonds is 4. The molecule has 21 heavy (non-hydrogen) atoms. The van der Waals surface area contributed by atoms with Crippen molar-refractivity contribution in [1.82, 2.24) is 9.97 Å². The predicted molar refractivity (Wildman–Crippen MR) is 81.2 cm³/mol. The fourth-order valence-electron chi connectivity index (χ4n) is 2.21. The molecular weight excluding hydrogens is 266 g/mol. The van der Waals surface area contributed by atoms with Gasteiger partial charge in [0.15, 0.2) is 0 Å². The normalized spacial score (nSPS) is 10.5. The van der Waals surface area contributed by atoms with Crippen LogP contribution in [0.5, 0.6) is 0 Å². The number of carbonyl (C=O) groups excluding carboxylic acids is 1. The van der Waals surface area contributed by atoms with Gasteiger partial charge in [-0.05, 0) is 24.3 Å². The Morgan fingerprint density at radius 2 is 2.10 bits per heavy atom. The molecule has 0 bridgehead atoms. The summed E-state index contributed by atoms with van der Waals surface area (Å²) in [5, 5.41) is 4.42. The summed E-state index contributed by atoms with van der Waals surface area (Å²) in [4.78, 5) is 18.8. The van der Waals surface area contributed by atoms with Crippen LogP contribution in [0.1, 0.15) is 16.2 Å². The molecule has 0 aliphatic rings. The summed E-state index contributed by atoms with van der Waals surface area (Å²) >= 11 is 0. The molecule has 0 atom stereocenters. The number of para-hydroxylation sites is 1. The Balaban J connectivity index is 1.77. The number of carbonyl (C=O) groups is 1. The highest BCUT2D eigenvalue weighted by Gasteiger charge is 2.08. The van der Waals surface area contributed by atoms with E-state index in [4.69, 9.17) is 0 Å². The van der Waals surface area contributed by atoms with Crippen LogP contribution in [0.4, 0.5) is 5.69 Å². The van der Waals surface area contributed by atoms with Crippen molar-refractivity contribution in [3.63, 3.8) is 0 Å². The Labute approximate surface area is 122 Å². The van der Waals surface area contributed by atoms with Crippen molar-refractivity contribution < 1.29 is 9.53 Å². The highest BCUT2D eigenvalue weighted by Crippen LogP contribution is 2.21. The molecule has 0 saturated carbocycles. The first-order valence-electron chi connectivity index (χ1n) is 6.62. The van der Waals surface area contributed by atoms with Crippen molar-refractivity contribution in [3.8, 4) is 0 Å². The molecule has 5 heteroatoms. The van der Waals surface area contributed by atoms with Gasteiger partial charge in [0.2, 0.25) is 0 Å². The minimum Gasteiger partial charge on any atom is -0.464 e. The van der Waals surface area contributed by atoms with Gasteiger partial charge in [-0.3, -0.25) is 4.98 Å². The van der Waals surface area contributed by atoms with E-state index in [1.807, 2.05) is 36.4 Å². The molecule has 0 radical (unpaired) electrons. The zero-order valence-electron chi connectivity index (χ0n) is 11.6. The van der Waals surface area contributed by atoms with E-state index in [0.29, 0.717) is 12.2 Å². The molecule has 0 fully saturated rings. The molecule has 3 aromatic rings. The van der Waals surface area contributed by atoms with Gasteiger partial charge in [-0.2, -0.15) is 0 Å². The second-order valence-corrected chi connectivity index (χ2v) is 4.62. The van der Waals surface area contributed by atoms with E-state index >= 15 is 0 Å². The number of pyridine rings is 1. The molecule has 0 spiro atoms. The number of ether oxygens (including phenoxy) is 1. The lowest BCUT2D eigenvalue weighted by atomic mass is 10.2. The van der Waals surface area contributed by atoms with Crippen LogP contribution in [0.15, 0.2) is 48.7 Å². The van der Waals surface area contributed by atoms with E-state index in [2.05, 4.69) is 20.0 Å². The van der Waals surface area contributed by atoms with Crippen molar-refractivity contribution in [3.05, 3.63) is 60.0 Å². The fraction of sp³-hybridized carbons (Fsp3) is 0.125. The number of H-pyrrole nitrogens is 1. The maximum absolute atomic E-state index is 11.4. The number of nitrogens with zero attached hydrogens (tertiary/aromatic N) is 1. The largest absolute Gasteiger partial charge is 0.464 e. The lowest BCUT2D eigenvalue weighted by molar-refractivity contribution is 0.0594. The highest BCUT2D eigenvalue weighted by molar-refractivity contribution is 5.90. The molecule has 0 unspecified atom stereocenters. The third kappa shape index (κ3) is 2.72. The van der Waals surface area contributed by atoms with E-state index in [1.54, 1.807) is 12.3 Å². The molecule has 1 aromatic carbocycles. The minimum absolute atomic E-state index is 0.368. The van der Waals surface area contributed by atoms with Gasteiger partial charge in [-0.1, -0.05) is 18.2 Å². The van der Waals surface area contributed by atoms with Crippen LogP contribution in [0, 0.1) is 0 Å². The van der Waals surface area contributed by atoms with E-state index in [9.17, 15) is 4.79 Å². The summed E-state index contributed by atoms with van der Waals surface area (Å²) in [6.07, 6.45) is 1.78. The van der Waals surface area contributed by atoms with Gasteiger partial charge in [-0.15, -0.1) is 0 Å². The Hall–Kier alpha value is -2.82. The molecule has 0 aliphatic heterocycles. The first-order chi connectivity index (χ1) is 10.3. The first-order valence-corrected chi connectivity index (χ1v) is 6.62. The zero-order valence-corrected chi connectivity index (χ0v) is 11.6. The third-order valence-electron chi connectivity index (χ3n) is 3.25. The Morgan fingerprint density at radius 3 is 2.95 bits per heavy atom. The van der Waals surface area contributed by atoms with Crippen LogP contribution >= 0.6 is 0 Å². The first kappa shape index (κ1) is 13.2. The molecule has 2 heterocycles. The van der Waals surface area contributed by atoms with Gasteiger partial charge in [0, 0.05) is 17.3 Å². The van der Waals surface area contributed by atoms with Gasteiger partial charge in [0.1, 0.15) is 5.69 Å². The van der Waals surface area contributed by atoms with Crippen LogP contribution in [0.2, 0.25) is 0 Å². The number of hydrogen-bond acceptors (Lipinski definition) is 4. The van der Waals surface area contributed by atoms with Gasteiger partial charge in [0.25, 0.3) is 0 Å². The van der Waals surface area contributed by atoms with Gasteiger partial charge in [-0.25, -0.2) is 4.79 Å². The average molecular weight is 281 g/mol. The molecule has 3 rings (SSSR count). The average Bonchev–Trinajstić information content (AvgIpc) is 3.01. The number of aromatic amines is 1. The monoisotopic (exact) mass is 281 g/mol. The molecule has 2 N–H and O–H groups in total. The molecular formula is C16H15N3O2. The van der Waals surface area contributed by atoms with Crippen molar-refractivity contribution in [1.29, 1.82) is 0 Å². The van der Waals surface area contributed by atoms with Gasteiger partial charge >= 0.3 is 5.97 Å². The van der Waals surface area contributed by atoms with Crippen LogP contribution in [-0.2, 0) is 11.3 Å². The second kappa shape index (κ2) is 5.66. The van der Waals surface area contributed by atoms with Crippen molar-refractivity contribution >= 4 is 22.6 Å². The third-order valence-corrected chi connectivity index (χ3v) is 3.25. The SMILES string of the molecule is COC(=O)c1ccc(CNc2cccc3cccnc23)[nH]1. The van der Waals surface area contributed by atoms with Gasteiger partial charge < -0.3 is 15.0 Å². The van der Waals surface area contributed by atoms with E-state index < -0.39 is 0 Å². The topological polar surface area (TPSA) is 67.0 Å². The number of aromatic nitrogens is 2. The van der Waals surface area contributed by atoms with Crippen LogP contribution in [-0.4, -0.2) is 23.0 Å². The summed E-state index contributed by atoms with van der Waals surface area (Å²) in [5.74, 6) is -0.368. The lowest BCUT2D eigenvalue weighted by Crippen LogP contribution is -2.04. The number of methoxy groups -OCH3 is 1. The Kier molecular flexibility index (Phi) is 3.55. The van der Waals surface area contributed by atoms with Crippen LogP contribution in [0.25, 0.3) is 10.9 Å². The number of anilines is 1. The fourth-order valence-corrected chi connectivity index (χ4v) is 2.21.